The van der Waals surface area contributed by atoms with Crippen LogP contribution in [0.1, 0.15) is 34.2 Å². The average Bonchev–Trinajstić information content (AvgIpc) is 3.14. The highest BCUT2D eigenvalue weighted by Gasteiger charge is 2.13. The predicted molar refractivity (Wildman–Crippen MR) is 110 cm³/mol. The number of hydrogen-bond acceptors (Lipinski definition) is 4. The number of thiazole rings is 1. The number of amides is 1. The molecule has 0 unspecified atom stereocenters. The molecule has 0 atom stereocenters. The molecular formula is C19H24N4OS2. The second-order valence-electron chi connectivity index (χ2n) is 6.34. The molecular weight excluding hydrogens is 364 g/mol. The molecule has 7 heteroatoms. The summed E-state index contributed by atoms with van der Waals surface area (Å²) in [5, 5.41) is 4.36. The van der Waals surface area contributed by atoms with Crippen LogP contribution in [-0.4, -0.2) is 32.3 Å². The SMILES string of the molecule is CCn1nc(C(=O)N=c2sc3cc(C)c(C)cc3n2CCSC)cc1C. The number of benzene rings is 1. The zero-order chi connectivity index (χ0) is 18.8. The summed E-state index contributed by atoms with van der Waals surface area (Å²) in [6, 6.07) is 6.19. The summed E-state index contributed by atoms with van der Waals surface area (Å²) in [4.78, 5) is 17.8. The van der Waals surface area contributed by atoms with Crippen LogP contribution in [0.3, 0.4) is 0 Å². The van der Waals surface area contributed by atoms with E-state index in [1.807, 2.05) is 24.6 Å². The van der Waals surface area contributed by atoms with E-state index in [0.717, 1.165) is 39.6 Å². The molecule has 1 amide bonds. The Bertz CT molecular complexity index is 1030. The minimum absolute atomic E-state index is 0.279. The van der Waals surface area contributed by atoms with Crippen molar-refractivity contribution in [3.05, 3.63) is 45.5 Å². The lowest BCUT2D eigenvalue weighted by molar-refractivity contribution is 0.0992. The highest BCUT2D eigenvalue weighted by atomic mass is 32.2. The molecule has 2 aromatic heterocycles. The van der Waals surface area contributed by atoms with E-state index < -0.39 is 0 Å². The fourth-order valence-electron chi connectivity index (χ4n) is 2.88. The van der Waals surface area contributed by atoms with Crippen molar-refractivity contribution in [2.75, 3.05) is 12.0 Å². The van der Waals surface area contributed by atoms with Crippen molar-refractivity contribution in [3.8, 4) is 0 Å². The van der Waals surface area contributed by atoms with E-state index >= 15 is 0 Å². The highest BCUT2D eigenvalue weighted by molar-refractivity contribution is 7.98. The van der Waals surface area contributed by atoms with Gasteiger partial charge >= 0.3 is 0 Å². The van der Waals surface area contributed by atoms with E-state index in [2.05, 4.69) is 46.9 Å². The molecule has 0 aliphatic rings. The fraction of sp³-hybridized carbons (Fsp3) is 0.421. The van der Waals surface area contributed by atoms with E-state index in [1.165, 1.54) is 11.1 Å². The van der Waals surface area contributed by atoms with Gasteiger partial charge in [-0.1, -0.05) is 11.3 Å². The molecule has 26 heavy (non-hydrogen) atoms. The average molecular weight is 389 g/mol. The molecule has 3 aromatic rings. The van der Waals surface area contributed by atoms with E-state index in [9.17, 15) is 4.79 Å². The second kappa shape index (κ2) is 7.80. The zero-order valence-electron chi connectivity index (χ0n) is 15.9. The maximum atomic E-state index is 12.7. The first-order chi connectivity index (χ1) is 12.4. The van der Waals surface area contributed by atoms with E-state index in [-0.39, 0.29) is 5.91 Å². The Morgan fingerprint density at radius 3 is 2.62 bits per heavy atom. The molecule has 0 radical (unpaired) electrons. The molecule has 0 saturated carbocycles. The van der Waals surface area contributed by atoms with Gasteiger partial charge in [0.15, 0.2) is 10.5 Å². The van der Waals surface area contributed by atoms with Crippen molar-refractivity contribution in [3.63, 3.8) is 0 Å². The Labute approximate surface area is 161 Å². The van der Waals surface area contributed by atoms with Crippen LogP contribution in [0.4, 0.5) is 0 Å². The first kappa shape index (κ1) is 18.9. The quantitative estimate of drug-likeness (QED) is 0.665. The summed E-state index contributed by atoms with van der Waals surface area (Å²) in [6.45, 7) is 9.78. The van der Waals surface area contributed by atoms with Gasteiger partial charge in [-0.25, -0.2) is 0 Å². The predicted octanol–water partition coefficient (Wildman–Crippen LogP) is 3.95. The summed E-state index contributed by atoms with van der Waals surface area (Å²) >= 11 is 3.36. The molecule has 5 nitrogen and oxygen atoms in total. The van der Waals surface area contributed by atoms with Crippen molar-refractivity contribution in [2.45, 2.75) is 40.8 Å². The molecule has 138 valence electrons. The molecule has 2 heterocycles. The minimum atomic E-state index is -0.279. The van der Waals surface area contributed by atoms with Crippen LogP contribution in [0.2, 0.25) is 0 Å². The lowest BCUT2D eigenvalue weighted by atomic mass is 10.1. The lowest BCUT2D eigenvalue weighted by Crippen LogP contribution is -2.18. The van der Waals surface area contributed by atoms with Crippen molar-refractivity contribution < 1.29 is 4.79 Å². The lowest BCUT2D eigenvalue weighted by Gasteiger charge is -2.05. The molecule has 0 saturated heterocycles. The number of aryl methyl sites for hydroxylation is 5. The number of aromatic nitrogens is 3. The molecule has 0 aliphatic heterocycles. The number of fused-ring (bicyclic) bond motifs is 1. The Morgan fingerprint density at radius 2 is 1.96 bits per heavy atom. The Morgan fingerprint density at radius 1 is 1.23 bits per heavy atom. The van der Waals surface area contributed by atoms with Crippen molar-refractivity contribution >= 4 is 39.2 Å². The van der Waals surface area contributed by atoms with Gasteiger partial charge in [0, 0.05) is 24.5 Å². The number of rotatable bonds is 5. The molecule has 0 fully saturated rings. The van der Waals surface area contributed by atoms with Gasteiger partial charge in [-0.15, -0.1) is 0 Å². The molecule has 3 rings (SSSR count). The van der Waals surface area contributed by atoms with Crippen LogP contribution in [0.25, 0.3) is 10.2 Å². The first-order valence-electron chi connectivity index (χ1n) is 8.67. The summed E-state index contributed by atoms with van der Waals surface area (Å²) in [7, 11) is 0. The number of thioether (sulfide) groups is 1. The normalized spacial score (nSPS) is 12.3. The summed E-state index contributed by atoms with van der Waals surface area (Å²) < 4.78 is 5.14. The highest BCUT2D eigenvalue weighted by Crippen LogP contribution is 2.22. The first-order valence-corrected chi connectivity index (χ1v) is 10.9. The van der Waals surface area contributed by atoms with Gasteiger partial charge in [-0.05, 0) is 63.3 Å². The van der Waals surface area contributed by atoms with Crippen LogP contribution in [0.5, 0.6) is 0 Å². The summed E-state index contributed by atoms with van der Waals surface area (Å²) in [6.07, 6.45) is 2.09. The van der Waals surface area contributed by atoms with Gasteiger partial charge in [0.2, 0.25) is 0 Å². The van der Waals surface area contributed by atoms with Crippen LogP contribution < -0.4 is 4.80 Å². The van der Waals surface area contributed by atoms with Gasteiger partial charge in [-0.2, -0.15) is 21.9 Å². The molecule has 0 spiro atoms. The van der Waals surface area contributed by atoms with Gasteiger partial charge in [0.1, 0.15) is 0 Å². The molecule has 0 aliphatic carbocycles. The van der Waals surface area contributed by atoms with E-state index in [1.54, 1.807) is 23.1 Å². The van der Waals surface area contributed by atoms with Crippen LogP contribution in [0, 0.1) is 20.8 Å². The Kier molecular flexibility index (Phi) is 5.67. The van der Waals surface area contributed by atoms with Crippen molar-refractivity contribution in [1.82, 2.24) is 14.3 Å². The van der Waals surface area contributed by atoms with Gasteiger partial charge in [0.05, 0.1) is 10.2 Å². The number of nitrogens with zero attached hydrogens (tertiary/aromatic N) is 4. The standard InChI is InChI=1S/C19H24N4OS2/c1-6-23-14(4)11-15(21-23)18(24)20-19-22(7-8-25-5)16-9-12(2)13(3)10-17(16)26-19/h9-11H,6-8H2,1-5H3. The van der Waals surface area contributed by atoms with Crippen molar-refractivity contribution in [1.29, 1.82) is 0 Å². The molecule has 1 aromatic carbocycles. The largest absolute Gasteiger partial charge is 0.315 e. The van der Waals surface area contributed by atoms with Gasteiger partial charge in [-0.3, -0.25) is 9.48 Å². The maximum Gasteiger partial charge on any atom is 0.300 e. The van der Waals surface area contributed by atoms with Crippen LogP contribution >= 0.6 is 23.1 Å². The number of hydrogen-bond donors (Lipinski definition) is 0. The van der Waals surface area contributed by atoms with E-state index in [0.29, 0.717) is 5.69 Å². The topological polar surface area (TPSA) is 52.2 Å². The molecule has 0 bridgehead atoms. The minimum Gasteiger partial charge on any atom is -0.315 e. The third-order valence-electron chi connectivity index (χ3n) is 4.51. The Hall–Kier alpha value is -1.86. The maximum absolute atomic E-state index is 12.7. The van der Waals surface area contributed by atoms with Gasteiger partial charge < -0.3 is 4.57 Å². The van der Waals surface area contributed by atoms with Gasteiger partial charge in [0.25, 0.3) is 5.91 Å². The van der Waals surface area contributed by atoms with E-state index in [4.69, 9.17) is 0 Å². The third-order valence-corrected chi connectivity index (χ3v) is 6.15. The number of carbonyl (C=O) groups is 1. The van der Waals surface area contributed by atoms with Crippen molar-refractivity contribution in [2.24, 2.45) is 4.99 Å². The molecule has 0 N–H and O–H groups in total. The smallest absolute Gasteiger partial charge is 0.300 e. The summed E-state index contributed by atoms with van der Waals surface area (Å²) in [5.41, 5.74) is 5.04. The summed E-state index contributed by atoms with van der Waals surface area (Å²) in [5.74, 6) is 0.696. The Balaban J connectivity index is 2.12. The third kappa shape index (κ3) is 3.64. The number of carbonyl (C=O) groups excluding carboxylic acids is 1. The fourth-order valence-corrected chi connectivity index (χ4v) is 4.38. The zero-order valence-corrected chi connectivity index (χ0v) is 17.5. The van der Waals surface area contributed by atoms with Crippen LogP contribution in [-0.2, 0) is 13.1 Å². The second-order valence-corrected chi connectivity index (χ2v) is 8.33. The monoisotopic (exact) mass is 388 g/mol. The van der Waals surface area contributed by atoms with Crippen LogP contribution in [0.15, 0.2) is 23.2 Å².